The standard InChI is InChI=1S/C21H24N2O2/c22-19(24)18-5-3-14(4-6-18)2-1-7-23-20(25)21-11-15-8-16(12-21)10-17(9-15)13-21/h3-6,15-17H,7-13H2,(H2,22,24)(H,23,25). The van der Waals surface area contributed by atoms with Gasteiger partial charge in [0, 0.05) is 16.5 Å². The molecule has 4 aliphatic rings. The topological polar surface area (TPSA) is 72.2 Å². The Morgan fingerprint density at radius 2 is 1.60 bits per heavy atom. The summed E-state index contributed by atoms with van der Waals surface area (Å²) in [7, 11) is 0. The lowest BCUT2D eigenvalue weighted by molar-refractivity contribution is -0.145. The average Bonchev–Trinajstić information content (AvgIpc) is 2.57. The first-order valence-electron chi connectivity index (χ1n) is 9.21. The van der Waals surface area contributed by atoms with Crippen molar-refractivity contribution in [1.29, 1.82) is 0 Å². The van der Waals surface area contributed by atoms with E-state index in [0.29, 0.717) is 12.1 Å². The molecule has 130 valence electrons. The largest absolute Gasteiger partial charge is 0.366 e. The van der Waals surface area contributed by atoms with Gasteiger partial charge in [-0.05, 0) is 80.5 Å². The molecule has 0 saturated heterocycles. The van der Waals surface area contributed by atoms with Crippen molar-refractivity contribution in [2.24, 2.45) is 28.9 Å². The molecular formula is C21H24N2O2. The molecule has 4 aliphatic carbocycles. The normalized spacial score (nSPS) is 31.9. The molecule has 2 amide bonds. The zero-order chi connectivity index (χ0) is 17.4. The smallest absolute Gasteiger partial charge is 0.248 e. The van der Waals surface area contributed by atoms with E-state index in [1.807, 2.05) is 0 Å². The summed E-state index contributed by atoms with van der Waals surface area (Å²) in [5.74, 6) is 8.12. The van der Waals surface area contributed by atoms with Gasteiger partial charge in [0.25, 0.3) is 0 Å². The van der Waals surface area contributed by atoms with Gasteiger partial charge < -0.3 is 11.1 Å². The molecule has 5 rings (SSSR count). The monoisotopic (exact) mass is 336 g/mol. The fourth-order valence-electron chi connectivity index (χ4n) is 5.56. The number of carbonyl (C=O) groups excluding carboxylic acids is 2. The minimum atomic E-state index is -0.442. The number of amides is 2. The highest BCUT2D eigenvalue weighted by molar-refractivity contribution is 5.92. The average molecular weight is 336 g/mol. The van der Waals surface area contributed by atoms with E-state index in [1.54, 1.807) is 24.3 Å². The third-order valence-corrected chi connectivity index (χ3v) is 6.26. The van der Waals surface area contributed by atoms with Crippen molar-refractivity contribution < 1.29 is 9.59 Å². The van der Waals surface area contributed by atoms with Crippen LogP contribution in [0.15, 0.2) is 24.3 Å². The minimum Gasteiger partial charge on any atom is -0.366 e. The first-order valence-corrected chi connectivity index (χ1v) is 9.21. The van der Waals surface area contributed by atoms with Crippen molar-refractivity contribution in [3.05, 3.63) is 35.4 Å². The second kappa shape index (κ2) is 6.22. The van der Waals surface area contributed by atoms with Gasteiger partial charge in [-0.3, -0.25) is 9.59 Å². The summed E-state index contributed by atoms with van der Waals surface area (Å²) < 4.78 is 0. The number of hydrogen-bond acceptors (Lipinski definition) is 2. The van der Waals surface area contributed by atoms with Crippen molar-refractivity contribution in [3.8, 4) is 11.8 Å². The number of nitrogens with two attached hydrogens (primary N) is 1. The van der Waals surface area contributed by atoms with Gasteiger partial charge >= 0.3 is 0 Å². The maximum absolute atomic E-state index is 12.8. The molecule has 1 aromatic rings. The second-order valence-electron chi connectivity index (χ2n) is 8.12. The Morgan fingerprint density at radius 1 is 1.04 bits per heavy atom. The molecule has 25 heavy (non-hydrogen) atoms. The van der Waals surface area contributed by atoms with Gasteiger partial charge in [0.05, 0.1) is 6.54 Å². The number of primary amides is 1. The Labute approximate surface area is 148 Å². The van der Waals surface area contributed by atoms with E-state index in [9.17, 15) is 9.59 Å². The van der Waals surface area contributed by atoms with Crippen molar-refractivity contribution in [1.82, 2.24) is 5.32 Å². The maximum Gasteiger partial charge on any atom is 0.248 e. The van der Waals surface area contributed by atoms with Gasteiger partial charge in [0.2, 0.25) is 11.8 Å². The summed E-state index contributed by atoms with van der Waals surface area (Å²) >= 11 is 0. The fourth-order valence-corrected chi connectivity index (χ4v) is 5.56. The van der Waals surface area contributed by atoms with E-state index < -0.39 is 5.91 Å². The Kier molecular flexibility index (Phi) is 4.03. The van der Waals surface area contributed by atoms with Crippen molar-refractivity contribution >= 4 is 11.8 Å². The quantitative estimate of drug-likeness (QED) is 0.832. The van der Waals surface area contributed by atoms with E-state index in [1.165, 1.54) is 19.3 Å². The van der Waals surface area contributed by atoms with Crippen LogP contribution in [0.4, 0.5) is 0 Å². The molecule has 0 unspecified atom stereocenters. The summed E-state index contributed by atoms with van der Waals surface area (Å²) in [6.45, 7) is 0.373. The van der Waals surface area contributed by atoms with Gasteiger partial charge in [-0.15, -0.1) is 0 Å². The molecule has 4 fully saturated rings. The number of hydrogen-bond donors (Lipinski definition) is 2. The first kappa shape index (κ1) is 16.2. The Morgan fingerprint density at radius 3 is 2.12 bits per heavy atom. The highest BCUT2D eigenvalue weighted by atomic mass is 16.2. The zero-order valence-corrected chi connectivity index (χ0v) is 14.4. The maximum atomic E-state index is 12.8. The van der Waals surface area contributed by atoms with Crippen LogP contribution in [-0.2, 0) is 4.79 Å². The van der Waals surface area contributed by atoms with Crippen LogP contribution >= 0.6 is 0 Å². The predicted molar refractivity (Wildman–Crippen MR) is 95.5 cm³/mol. The molecular weight excluding hydrogens is 312 g/mol. The van der Waals surface area contributed by atoms with Crippen molar-refractivity contribution in [2.45, 2.75) is 38.5 Å². The van der Waals surface area contributed by atoms with E-state index in [2.05, 4.69) is 17.2 Å². The molecule has 4 heteroatoms. The van der Waals surface area contributed by atoms with Crippen molar-refractivity contribution in [2.75, 3.05) is 6.54 Å². The van der Waals surface area contributed by atoms with Gasteiger partial charge in [-0.2, -0.15) is 0 Å². The van der Waals surface area contributed by atoms with Crippen LogP contribution in [0.1, 0.15) is 54.4 Å². The molecule has 4 saturated carbocycles. The van der Waals surface area contributed by atoms with Crippen LogP contribution in [0.5, 0.6) is 0 Å². The summed E-state index contributed by atoms with van der Waals surface area (Å²) in [5, 5.41) is 3.05. The number of rotatable bonds is 3. The third kappa shape index (κ3) is 3.16. The van der Waals surface area contributed by atoms with Crippen LogP contribution in [0.3, 0.4) is 0 Å². The minimum absolute atomic E-state index is 0.112. The summed E-state index contributed by atoms with van der Waals surface area (Å²) in [6.07, 6.45) is 7.25. The molecule has 0 aliphatic heterocycles. The van der Waals surface area contributed by atoms with Crippen LogP contribution in [0, 0.1) is 35.0 Å². The van der Waals surface area contributed by atoms with E-state index in [-0.39, 0.29) is 11.3 Å². The molecule has 0 radical (unpaired) electrons. The molecule has 0 atom stereocenters. The molecule has 0 heterocycles. The lowest BCUT2D eigenvalue weighted by atomic mass is 9.49. The summed E-state index contributed by atoms with van der Waals surface area (Å²) in [6, 6.07) is 6.88. The van der Waals surface area contributed by atoms with E-state index in [4.69, 9.17) is 5.73 Å². The highest BCUT2D eigenvalue weighted by Crippen LogP contribution is 2.60. The summed E-state index contributed by atoms with van der Waals surface area (Å²) in [4.78, 5) is 23.8. The van der Waals surface area contributed by atoms with Gasteiger partial charge in [0.15, 0.2) is 0 Å². The molecule has 0 spiro atoms. The number of nitrogens with one attached hydrogen (secondary N) is 1. The molecule has 4 nitrogen and oxygen atoms in total. The number of carbonyl (C=O) groups is 2. The fraction of sp³-hybridized carbons (Fsp3) is 0.524. The predicted octanol–water partition coefficient (Wildman–Crippen LogP) is 2.47. The molecule has 0 aromatic heterocycles. The summed E-state index contributed by atoms with van der Waals surface area (Å²) in [5.41, 5.74) is 6.40. The zero-order valence-electron chi connectivity index (χ0n) is 14.4. The van der Waals surface area contributed by atoms with Crippen LogP contribution in [0.2, 0.25) is 0 Å². The Hall–Kier alpha value is -2.28. The van der Waals surface area contributed by atoms with Crippen LogP contribution in [0.25, 0.3) is 0 Å². The lowest BCUT2D eigenvalue weighted by Crippen LogP contribution is -2.53. The van der Waals surface area contributed by atoms with Gasteiger partial charge in [0.1, 0.15) is 0 Å². The van der Waals surface area contributed by atoms with Crippen molar-refractivity contribution in [3.63, 3.8) is 0 Å². The van der Waals surface area contributed by atoms with Gasteiger partial charge in [-0.1, -0.05) is 11.8 Å². The Balaban J connectivity index is 1.35. The Bertz CT molecular complexity index is 719. The number of benzene rings is 1. The van der Waals surface area contributed by atoms with Crippen LogP contribution < -0.4 is 11.1 Å². The highest BCUT2D eigenvalue weighted by Gasteiger charge is 2.54. The second-order valence-corrected chi connectivity index (χ2v) is 8.12. The molecule has 1 aromatic carbocycles. The third-order valence-electron chi connectivity index (χ3n) is 6.26. The van der Waals surface area contributed by atoms with E-state index in [0.717, 1.165) is 42.6 Å². The first-order chi connectivity index (χ1) is 12.0. The molecule has 3 N–H and O–H groups in total. The van der Waals surface area contributed by atoms with Crippen LogP contribution in [-0.4, -0.2) is 18.4 Å². The van der Waals surface area contributed by atoms with Gasteiger partial charge in [-0.25, -0.2) is 0 Å². The van der Waals surface area contributed by atoms with E-state index >= 15 is 0 Å². The SMILES string of the molecule is NC(=O)c1ccc(C#CCNC(=O)C23CC4CC(CC(C4)C2)C3)cc1. The lowest BCUT2D eigenvalue weighted by Gasteiger charge is -2.55. The molecule has 4 bridgehead atoms.